The highest BCUT2D eigenvalue weighted by Gasteiger charge is 2.35. The van der Waals surface area contributed by atoms with Gasteiger partial charge in [-0.05, 0) is 39.0 Å². The number of sulfonamides is 1. The number of piperidine rings is 2. The predicted octanol–water partition coefficient (Wildman–Crippen LogP) is 1.13. The monoisotopic (exact) mass is 340 g/mol. The molecule has 0 atom stereocenters. The lowest BCUT2D eigenvalue weighted by atomic mass is 9.95. The molecular formula is C15H24N4O3S. The summed E-state index contributed by atoms with van der Waals surface area (Å²) in [5.41, 5.74) is 0.552. The van der Waals surface area contributed by atoms with Crippen LogP contribution in [0.15, 0.2) is 11.1 Å². The van der Waals surface area contributed by atoms with Crippen LogP contribution in [0.3, 0.4) is 0 Å². The number of nitrogens with one attached hydrogen (secondary N) is 1. The number of hydrogen-bond donors (Lipinski definition) is 1. The van der Waals surface area contributed by atoms with Crippen molar-refractivity contribution >= 4 is 15.9 Å². The van der Waals surface area contributed by atoms with Crippen LogP contribution in [0.2, 0.25) is 0 Å². The highest BCUT2D eigenvalue weighted by Crippen LogP contribution is 2.26. The van der Waals surface area contributed by atoms with Crippen molar-refractivity contribution < 1.29 is 13.2 Å². The average molecular weight is 340 g/mol. The Morgan fingerprint density at radius 3 is 2.39 bits per heavy atom. The summed E-state index contributed by atoms with van der Waals surface area (Å²) in [7, 11) is -3.51. The molecule has 7 nitrogen and oxygen atoms in total. The number of carbonyl (C=O) groups is 1. The highest BCUT2D eigenvalue weighted by molar-refractivity contribution is 7.89. The largest absolute Gasteiger partial charge is 0.342 e. The lowest BCUT2D eigenvalue weighted by Crippen LogP contribution is -2.45. The van der Waals surface area contributed by atoms with Crippen LogP contribution in [0.4, 0.5) is 0 Å². The average Bonchev–Trinajstić information content (AvgIpc) is 3.02. The first-order chi connectivity index (χ1) is 11.0. The summed E-state index contributed by atoms with van der Waals surface area (Å²) in [5.74, 6) is 0.172. The second kappa shape index (κ2) is 6.60. The van der Waals surface area contributed by atoms with Gasteiger partial charge in [-0.25, -0.2) is 8.42 Å². The van der Waals surface area contributed by atoms with Gasteiger partial charge in [-0.2, -0.15) is 9.40 Å². The zero-order valence-electron chi connectivity index (χ0n) is 13.5. The normalized spacial score (nSPS) is 21.5. The van der Waals surface area contributed by atoms with E-state index in [9.17, 15) is 13.2 Å². The van der Waals surface area contributed by atoms with Crippen LogP contribution < -0.4 is 0 Å². The Hall–Kier alpha value is -1.41. The molecule has 0 aliphatic carbocycles. The van der Waals surface area contributed by atoms with Gasteiger partial charge in [0.2, 0.25) is 15.9 Å². The van der Waals surface area contributed by atoms with E-state index in [4.69, 9.17) is 0 Å². The molecule has 23 heavy (non-hydrogen) atoms. The molecule has 1 aromatic rings. The molecule has 3 heterocycles. The van der Waals surface area contributed by atoms with Crippen molar-refractivity contribution in [3.63, 3.8) is 0 Å². The third kappa shape index (κ3) is 3.28. The van der Waals surface area contributed by atoms with Crippen molar-refractivity contribution in [2.24, 2.45) is 5.92 Å². The number of rotatable bonds is 3. The molecule has 8 heteroatoms. The van der Waals surface area contributed by atoms with Crippen molar-refractivity contribution in [3.05, 3.63) is 11.9 Å². The Morgan fingerprint density at radius 2 is 1.83 bits per heavy atom. The first kappa shape index (κ1) is 16.4. The predicted molar refractivity (Wildman–Crippen MR) is 85.2 cm³/mol. The Morgan fingerprint density at radius 1 is 1.17 bits per heavy atom. The minimum atomic E-state index is -3.51. The zero-order valence-corrected chi connectivity index (χ0v) is 14.3. The quantitative estimate of drug-likeness (QED) is 0.894. The van der Waals surface area contributed by atoms with Crippen LogP contribution in [0.5, 0.6) is 0 Å². The first-order valence-electron chi connectivity index (χ1n) is 8.29. The van der Waals surface area contributed by atoms with Crippen molar-refractivity contribution in [1.82, 2.24) is 19.4 Å². The highest BCUT2D eigenvalue weighted by atomic mass is 32.2. The molecule has 0 spiro atoms. The fraction of sp³-hybridized carbons (Fsp3) is 0.733. The molecule has 0 aromatic carbocycles. The second-order valence-corrected chi connectivity index (χ2v) is 8.33. The maximum absolute atomic E-state index is 12.6. The maximum Gasteiger partial charge on any atom is 0.246 e. The minimum absolute atomic E-state index is 0.0370. The number of aryl methyl sites for hydroxylation is 1. The van der Waals surface area contributed by atoms with Gasteiger partial charge < -0.3 is 4.90 Å². The van der Waals surface area contributed by atoms with E-state index in [1.54, 1.807) is 6.92 Å². The van der Waals surface area contributed by atoms with Gasteiger partial charge in [-0.15, -0.1) is 0 Å². The molecule has 2 saturated heterocycles. The van der Waals surface area contributed by atoms with E-state index in [-0.39, 0.29) is 16.7 Å². The van der Waals surface area contributed by atoms with Crippen molar-refractivity contribution in [1.29, 1.82) is 0 Å². The van der Waals surface area contributed by atoms with Gasteiger partial charge in [0.25, 0.3) is 0 Å². The van der Waals surface area contributed by atoms with Crippen LogP contribution in [-0.2, 0) is 14.8 Å². The number of H-pyrrole nitrogens is 1. The standard InChI is InChI=1S/C15H24N4O3S/c1-12-14(11-16-17-12)23(21,22)19-9-5-13(6-10-19)15(20)18-7-3-2-4-8-18/h11,13H,2-10H2,1H3,(H,16,17). The molecule has 0 unspecified atom stereocenters. The SMILES string of the molecule is Cc1[nH]ncc1S(=O)(=O)N1CCC(C(=O)N2CCCCC2)CC1. The summed E-state index contributed by atoms with van der Waals surface area (Å²) in [6, 6.07) is 0. The fourth-order valence-electron chi connectivity index (χ4n) is 3.45. The Balaban J connectivity index is 1.62. The van der Waals surface area contributed by atoms with Gasteiger partial charge in [-0.1, -0.05) is 0 Å². The smallest absolute Gasteiger partial charge is 0.246 e. The summed E-state index contributed by atoms with van der Waals surface area (Å²) in [6.07, 6.45) is 5.93. The molecule has 0 bridgehead atoms. The van der Waals surface area contributed by atoms with E-state index < -0.39 is 10.0 Å². The lowest BCUT2D eigenvalue weighted by molar-refractivity contribution is -0.137. The minimum Gasteiger partial charge on any atom is -0.342 e. The topological polar surface area (TPSA) is 86.4 Å². The van der Waals surface area contributed by atoms with Crippen LogP contribution in [-0.4, -0.2) is 59.9 Å². The summed E-state index contributed by atoms with van der Waals surface area (Å²) in [6.45, 7) is 4.21. The number of aromatic nitrogens is 2. The first-order valence-corrected chi connectivity index (χ1v) is 9.73. The molecule has 0 radical (unpaired) electrons. The molecular weight excluding hydrogens is 316 g/mol. The Kier molecular flexibility index (Phi) is 4.72. The van der Waals surface area contributed by atoms with Crippen LogP contribution in [0.25, 0.3) is 0 Å². The van der Waals surface area contributed by atoms with E-state index in [0.29, 0.717) is 31.6 Å². The molecule has 128 valence electrons. The van der Waals surface area contributed by atoms with Gasteiger partial charge >= 0.3 is 0 Å². The van der Waals surface area contributed by atoms with E-state index >= 15 is 0 Å². The Bertz CT molecular complexity index is 656. The van der Waals surface area contributed by atoms with Gasteiger partial charge in [0.15, 0.2) is 0 Å². The number of hydrogen-bond acceptors (Lipinski definition) is 4. The maximum atomic E-state index is 12.6. The number of nitrogens with zero attached hydrogens (tertiary/aromatic N) is 3. The van der Waals surface area contributed by atoms with Crippen molar-refractivity contribution in [3.8, 4) is 0 Å². The molecule has 3 rings (SSSR count). The number of amides is 1. The Labute approximate surface area is 137 Å². The van der Waals surface area contributed by atoms with Gasteiger partial charge in [0, 0.05) is 32.1 Å². The molecule has 1 aromatic heterocycles. The molecule has 1 amide bonds. The van der Waals surface area contributed by atoms with E-state index in [0.717, 1.165) is 25.9 Å². The lowest BCUT2D eigenvalue weighted by Gasteiger charge is -2.35. The number of carbonyl (C=O) groups excluding carboxylic acids is 1. The van der Waals surface area contributed by atoms with Gasteiger partial charge in [0.1, 0.15) is 4.90 Å². The molecule has 1 N–H and O–H groups in total. The molecule has 2 fully saturated rings. The summed E-state index contributed by atoms with van der Waals surface area (Å²) in [4.78, 5) is 14.7. The fourth-order valence-corrected chi connectivity index (χ4v) is 5.04. The third-order valence-corrected chi connectivity index (χ3v) is 6.88. The number of aromatic amines is 1. The van der Waals surface area contributed by atoms with E-state index in [2.05, 4.69) is 10.2 Å². The number of likely N-dealkylation sites (tertiary alicyclic amines) is 1. The van der Waals surface area contributed by atoms with Crippen LogP contribution in [0, 0.1) is 12.8 Å². The molecule has 0 saturated carbocycles. The van der Waals surface area contributed by atoms with Gasteiger partial charge in [0.05, 0.1) is 11.9 Å². The van der Waals surface area contributed by atoms with E-state index in [1.807, 2.05) is 4.90 Å². The summed E-state index contributed by atoms with van der Waals surface area (Å²) < 4.78 is 26.7. The van der Waals surface area contributed by atoms with Crippen molar-refractivity contribution in [2.75, 3.05) is 26.2 Å². The van der Waals surface area contributed by atoms with Gasteiger partial charge in [-0.3, -0.25) is 9.89 Å². The summed E-state index contributed by atoms with van der Waals surface area (Å²) in [5, 5.41) is 6.46. The van der Waals surface area contributed by atoms with Crippen LogP contribution in [0.1, 0.15) is 37.8 Å². The zero-order chi connectivity index (χ0) is 16.4. The third-order valence-electron chi connectivity index (χ3n) is 4.87. The van der Waals surface area contributed by atoms with Crippen LogP contribution >= 0.6 is 0 Å². The molecule has 2 aliphatic rings. The summed E-state index contributed by atoms with van der Waals surface area (Å²) >= 11 is 0. The van der Waals surface area contributed by atoms with E-state index in [1.165, 1.54) is 16.9 Å². The second-order valence-electron chi connectivity index (χ2n) is 6.42. The molecule has 2 aliphatic heterocycles. The van der Waals surface area contributed by atoms with Crippen molar-refractivity contribution in [2.45, 2.75) is 43.9 Å².